The standard InChI is InChI=1S/C15H16BrNO2S/c1-11-4-2-3-5-12(11)9-20(18,19)10-13-6-7-14(17)8-15(13)16/h2-8H,9-10,17H2,1H3. The van der Waals surface area contributed by atoms with Gasteiger partial charge in [-0.2, -0.15) is 0 Å². The van der Waals surface area contributed by atoms with Crippen molar-refractivity contribution < 1.29 is 8.42 Å². The van der Waals surface area contributed by atoms with Gasteiger partial charge < -0.3 is 5.73 Å². The van der Waals surface area contributed by atoms with Gasteiger partial charge >= 0.3 is 0 Å². The van der Waals surface area contributed by atoms with Gasteiger partial charge in [0.15, 0.2) is 9.84 Å². The summed E-state index contributed by atoms with van der Waals surface area (Å²) in [7, 11) is -3.22. The maximum atomic E-state index is 12.3. The minimum atomic E-state index is -3.22. The molecule has 2 aromatic carbocycles. The lowest BCUT2D eigenvalue weighted by Crippen LogP contribution is -2.09. The van der Waals surface area contributed by atoms with E-state index in [1.54, 1.807) is 18.2 Å². The first-order valence-corrected chi connectivity index (χ1v) is 8.78. The molecule has 0 bridgehead atoms. The predicted molar refractivity (Wildman–Crippen MR) is 86.1 cm³/mol. The van der Waals surface area contributed by atoms with E-state index in [0.717, 1.165) is 21.2 Å². The second kappa shape index (κ2) is 5.97. The Bertz CT molecular complexity index is 726. The lowest BCUT2D eigenvalue weighted by Gasteiger charge is -2.09. The van der Waals surface area contributed by atoms with Gasteiger partial charge in [-0.1, -0.05) is 46.3 Å². The predicted octanol–water partition coefficient (Wildman–Crippen LogP) is 3.45. The number of halogens is 1. The quantitative estimate of drug-likeness (QED) is 0.856. The van der Waals surface area contributed by atoms with E-state index in [1.807, 2.05) is 31.2 Å². The topological polar surface area (TPSA) is 60.2 Å². The van der Waals surface area contributed by atoms with E-state index in [2.05, 4.69) is 15.9 Å². The molecule has 2 rings (SSSR count). The average Bonchev–Trinajstić information content (AvgIpc) is 2.35. The molecule has 2 aromatic rings. The molecule has 20 heavy (non-hydrogen) atoms. The Morgan fingerprint density at radius 3 is 2.35 bits per heavy atom. The third-order valence-corrected chi connectivity index (χ3v) is 5.33. The Labute approximate surface area is 127 Å². The van der Waals surface area contributed by atoms with Crippen molar-refractivity contribution in [1.29, 1.82) is 0 Å². The van der Waals surface area contributed by atoms with E-state index >= 15 is 0 Å². The molecule has 0 aromatic heterocycles. The zero-order valence-electron chi connectivity index (χ0n) is 11.1. The summed E-state index contributed by atoms with van der Waals surface area (Å²) in [6.07, 6.45) is 0. The van der Waals surface area contributed by atoms with E-state index in [4.69, 9.17) is 5.73 Å². The number of anilines is 1. The molecule has 3 nitrogen and oxygen atoms in total. The first-order chi connectivity index (χ1) is 9.37. The van der Waals surface area contributed by atoms with E-state index in [-0.39, 0.29) is 11.5 Å². The molecule has 0 radical (unpaired) electrons. The maximum Gasteiger partial charge on any atom is 0.158 e. The lowest BCUT2D eigenvalue weighted by molar-refractivity contribution is 0.594. The number of nitrogen functional groups attached to an aromatic ring is 1. The Kier molecular flexibility index (Phi) is 4.50. The van der Waals surface area contributed by atoms with Gasteiger partial charge in [-0.15, -0.1) is 0 Å². The largest absolute Gasteiger partial charge is 0.399 e. The van der Waals surface area contributed by atoms with Crippen molar-refractivity contribution in [2.75, 3.05) is 5.73 Å². The van der Waals surface area contributed by atoms with Crippen molar-refractivity contribution >= 4 is 31.5 Å². The minimum absolute atomic E-state index is 0.00218. The van der Waals surface area contributed by atoms with Crippen LogP contribution in [0.2, 0.25) is 0 Å². The fourth-order valence-electron chi connectivity index (χ4n) is 1.98. The van der Waals surface area contributed by atoms with Crippen LogP contribution in [0.5, 0.6) is 0 Å². The highest BCUT2D eigenvalue weighted by Crippen LogP contribution is 2.23. The summed E-state index contributed by atoms with van der Waals surface area (Å²) < 4.78 is 25.3. The van der Waals surface area contributed by atoms with Crippen LogP contribution in [0, 0.1) is 6.92 Å². The molecule has 0 aliphatic rings. The van der Waals surface area contributed by atoms with Gasteiger partial charge in [-0.3, -0.25) is 0 Å². The minimum Gasteiger partial charge on any atom is -0.399 e. The Morgan fingerprint density at radius 2 is 1.70 bits per heavy atom. The summed E-state index contributed by atoms with van der Waals surface area (Å²) in [6.45, 7) is 1.92. The summed E-state index contributed by atoms with van der Waals surface area (Å²) in [5.41, 5.74) is 8.83. The number of hydrogen-bond acceptors (Lipinski definition) is 3. The van der Waals surface area contributed by atoms with E-state index < -0.39 is 9.84 Å². The van der Waals surface area contributed by atoms with Gasteiger partial charge in [-0.05, 0) is 35.7 Å². The molecule has 0 saturated carbocycles. The van der Waals surface area contributed by atoms with E-state index in [0.29, 0.717) is 5.69 Å². The summed E-state index contributed by atoms with van der Waals surface area (Å²) in [5, 5.41) is 0. The molecule has 0 unspecified atom stereocenters. The smallest absolute Gasteiger partial charge is 0.158 e. The molecule has 0 spiro atoms. The van der Waals surface area contributed by atoms with Crippen LogP contribution in [0.3, 0.4) is 0 Å². The van der Waals surface area contributed by atoms with Crippen LogP contribution in [0.1, 0.15) is 16.7 Å². The molecule has 0 saturated heterocycles. The number of rotatable bonds is 4. The normalized spacial score (nSPS) is 11.5. The molecule has 0 amide bonds. The van der Waals surface area contributed by atoms with Gasteiger partial charge in [-0.25, -0.2) is 8.42 Å². The molecular weight excluding hydrogens is 338 g/mol. The number of benzene rings is 2. The second-order valence-electron chi connectivity index (χ2n) is 4.81. The molecular formula is C15H16BrNO2S. The summed E-state index contributed by atoms with van der Waals surface area (Å²) >= 11 is 3.36. The third kappa shape index (κ3) is 3.84. The summed E-state index contributed by atoms with van der Waals surface area (Å²) in [6, 6.07) is 12.7. The highest BCUT2D eigenvalue weighted by Gasteiger charge is 2.16. The Balaban J connectivity index is 2.22. The van der Waals surface area contributed by atoms with E-state index in [9.17, 15) is 8.42 Å². The molecule has 0 aliphatic carbocycles. The Hall–Kier alpha value is -1.33. The van der Waals surface area contributed by atoms with Gasteiger partial charge in [0.1, 0.15) is 0 Å². The van der Waals surface area contributed by atoms with Gasteiger partial charge in [0, 0.05) is 10.2 Å². The SMILES string of the molecule is Cc1ccccc1CS(=O)(=O)Cc1ccc(N)cc1Br. The number of aryl methyl sites for hydroxylation is 1. The molecule has 2 N–H and O–H groups in total. The van der Waals surface area contributed by atoms with Crippen molar-refractivity contribution in [3.63, 3.8) is 0 Å². The molecule has 106 valence electrons. The molecule has 5 heteroatoms. The lowest BCUT2D eigenvalue weighted by atomic mass is 10.1. The highest BCUT2D eigenvalue weighted by atomic mass is 79.9. The Morgan fingerprint density at radius 1 is 1.05 bits per heavy atom. The fraction of sp³-hybridized carbons (Fsp3) is 0.200. The number of nitrogens with two attached hydrogens (primary N) is 1. The molecule has 0 heterocycles. The van der Waals surface area contributed by atoms with E-state index in [1.165, 1.54) is 0 Å². The van der Waals surface area contributed by atoms with Crippen molar-refractivity contribution in [2.45, 2.75) is 18.4 Å². The second-order valence-corrected chi connectivity index (χ2v) is 7.73. The van der Waals surface area contributed by atoms with Gasteiger partial charge in [0.05, 0.1) is 11.5 Å². The van der Waals surface area contributed by atoms with Crippen molar-refractivity contribution in [1.82, 2.24) is 0 Å². The number of sulfone groups is 1. The van der Waals surface area contributed by atoms with Crippen LogP contribution in [0.15, 0.2) is 46.9 Å². The van der Waals surface area contributed by atoms with Crippen LogP contribution in [0.25, 0.3) is 0 Å². The van der Waals surface area contributed by atoms with Gasteiger partial charge in [0.25, 0.3) is 0 Å². The average molecular weight is 354 g/mol. The third-order valence-electron chi connectivity index (χ3n) is 3.09. The fourth-order valence-corrected chi connectivity index (χ4v) is 4.33. The zero-order chi connectivity index (χ0) is 14.8. The van der Waals surface area contributed by atoms with Crippen LogP contribution in [-0.2, 0) is 21.3 Å². The first-order valence-electron chi connectivity index (χ1n) is 6.16. The maximum absolute atomic E-state index is 12.3. The van der Waals surface area contributed by atoms with Crippen LogP contribution < -0.4 is 5.73 Å². The molecule has 0 aliphatic heterocycles. The monoisotopic (exact) mass is 353 g/mol. The van der Waals surface area contributed by atoms with Crippen molar-refractivity contribution in [3.05, 3.63) is 63.6 Å². The van der Waals surface area contributed by atoms with Gasteiger partial charge in [0.2, 0.25) is 0 Å². The summed E-state index contributed by atoms with van der Waals surface area (Å²) in [5.74, 6) is 0.0543. The first kappa shape index (κ1) is 15.1. The van der Waals surface area contributed by atoms with Crippen LogP contribution in [-0.4, -0.2) is 8.42 Å². The summed E-state index contributed by atoms with van der Waals surface area (Å²) in [4.78, 5) is 0. The van der Waals surface area contributed by atoms with Crippen LogP contribution >= 0.6 is 15.9 Å². The zero-order valence-corrected chi connectivity index (χ0v) is 13.5. The molecule has 0 atom stereocenters. The van der Waals surface area contributed by atoms with Crippen LogP contribution in [0.4, 0.5) is 5.69 Å². The van der Waals surface area contributed by atoms with Crippen molar-refractivity contribution in [3.8, 4) is 0 Å². The highest BCUT2D eigenvalue weighted by molar-refractivity contribution is 9.10. The number of hydrogen-bond donors (Lipinski definition) is 1. The molecule has 0 fully saturated rings. The van der Waals surface area contributed by atoms with Crippen molar-refractivity contribution in [2.24, 2.45) is 0 Å².